The number of rotatable bonds is 8. The van der Waals surface area contributed by atoms with Crippen LogP contribution in [0, 0.1) is 0 Å². The molecule has 2 aliphatic rings. The Morgan fingerprint density at radius 1 is 1.24 bits per heavy atom. The van der Waals surface area contributed by atoms with Crippen molar-refractivity contribution in [2.75, 3.05) is 39.2 Å². The van der Waals surface area contributed by atoms with E-state index < -0.39 is 0 Å². The molecule has 25 heavy (non-hydrogen) atoms. The summed E-state index contributed by atoms with van der Waals surface area (Å²) in [5.74, 6) is 2.16. The summed E-state index contributed by atoms with van der Waals surface area (Å²) in [5.41, 5.74) is 0. The third-order valence-electron chi connectivity index (χ3n) is 4.73. The average molecular weight is 485 g/mol. The topological polar surface area (TPSA) is 54.9 Å². The predicted octanol–water partition coefficient (Wildman–Crippen LogP) is 3.42. The van der Waals surface area contributed by atoms with Gasteiger partial charge in [0.1, 0.15) is 0 Å². The second kappa shape index (κ2) is 14.3. The molecule has 1 aliphatic heterocycles. The summed E-state index contributed by atoms with van der Waals surface area (Å²) in [6.45, 7) is 5.66. The van der Waals surface area contributed by atoms with Crippen LogP contribution in [-0.2, 0) is 9.47 Å². The fraction of sp³-hybridized carbons (Fsp3) is 0.944. The van der Waals surface area contributed by atoms with Gasteiger partial charge in [-0.25, -0.2) is 0 Å². The van der Waals surface area contributed by atoms with Gasteiger partial charge in [0.2, 0.25) is 0 Å². The standard InChI is InChI=1S/C18H35N3O2S.HI/c1-3-24-17-7-4-6-15(14-17)21-18(19-2)20-10-5-11-23-16-8-12-22-13-9-16;/h15-17H,3-14H2,1-2H3,(H2,19,20,21);1H. The fourth-order valence-electron chi connectivity index (χ4n) is 3.42. The molecule has 1 heterocycles. The Morgan fingerprint density at radius 2 is 2.04 bits per heavy atom. The molecule has 5 nitrogen and oxygen atoms in total. The van der Waals surface area contributed by atoms with Crippen LogP contribution in [0.1, 0.15) is 51.9 Å². The molecule has 7 heteroatoms. The molecule has 2 atom stereocenters. The zero-order valence-electron chi connectivity index (χ0n) is 15.8. The number of nitrogens with zero attached hydrogens (tertiary/aromatic N) is 1. The van der Waals surface area contributed by atoms with E-state index in [1.165, 1.54) is 31.4 Å². The molecule has 2 N–H and O–H groups in total. The van der Waals surface area contributed by atoms with E-state index in [1.54, 1.807) is 0 Å². The van der Waals surface area contributed by atoms with Crippen molar-refractivity contribution in [2.24, 2.45) is 4.99 Å². The minimum Gasteiger partial charge on any atom is -0.381 e. The molecule has 2 fully saturated rings. The first-order chi connectivity index (χ1) is 11.8. The summed E-state index contributed by atoms with van der Waals surface area (Å²) in [7, 11) is 1.86. The molecule has 0 bridgehead atoms. The van der Waals surface area contributed by atoms with Crippen molar-refractivity contribution < 1.29 is 9.47 Å². The van der Waals surface area contributed by atoms with Gasteiger partial charge in [-0.15, -0.1) is 24.0 Å². The molecule has 148 valence electrons. The monoisotopic (exact) mass is 485 g/mol. The molecule has 1 saturated heterocycles. The van der Waals surface area contributed by atoms with Gasteiger partial charge < -0.3 is 20.1 Å². The van der Waals surface area contributed by atoms with Crippen molar-refractivity contribution in [3.63, 3.8) is 0 Å². The van der Waals surface area contributed by atoms with Crippen LogP contribution in [0.15, 0.2) is 4.99 Å². The highest BCUT2D eigenvalue weighted by molar-refractivity contribution is 14.0. The summed E-state index contributed by atoms with van der Waals surface area (Å²) in [6.07, 6.45) is 8.69. The Kier molecular flexibility index (Phi) is 13.4. The molecule has 0 aromatic carbocycles. The third kappa shape index (κ3) is 9.68. The maximum atomic E-state index is 5.91. The van der Waals surface area contributed by atoms with Crippen LogP contribution < -0.4 is 10.6 Å². The zero-order chi connectivity index (χ0) is 17.0. The lowest BCUT2D eigenvalue weighted by Crippen LogP contribution is -2.46. The summed E-state index contributed by atoms with van der Waals surface area (Å²) >= 11 is 2.10. The van der Waals surface area contributed by atoms with E-state index >= 15 is 0 Å². The van der Waals surface area contributed by atoms with Gasteiger partial charge in [-0.2, -0.15) is 11.8 Å². The minimum atomic E-state index is 0. The smallest absolute Gasteiger partial charge is 0.191 e. The first-order valence-electron chi connectivity index (χ1n) is 9.60. The normalized spacial score (nSPS) is 25.3. The SMILES string of the molecule is CCSC1CCCC(NC(=NC)NCCCOC2CCOCC2)C1.I. The Morgan fingerprint density at radius 3 is 2.76 bits per heavy atom. The van der Waals surface area contributed by atoms with Crippen molar-refractivity contribution in [3.8, 4) is 0 Å². The summed E-state index contributed by atoms with van der Waals surface area (Å²) in [6, 6.07) is 0.562. The Balaban J connectivity index is 0.00000312. The van der Waals surface area contributed by atoms with Crippen LogP contribution in [0.25, 0.3) is 0 Å². The third-order valence-corrected chi connectivity index (χ3v) is 5.96. The number of hydrogen-bond donors (Lipinski definition) is 2. The molecule has 0 spiro atoms. The highest BCUT2D eigenvalue weighted by Crippen LogP contribution is 2.28. The summed E-state index contributed by atoms with van der Waals surface area (Å²) in [5, 5.41) is 7.84. The van der Waals surface area contributed by atoms with Crippen molar-refractivity contribution >= 4 is 41.7 Å². The number of guanidine groups is 1. The van der Waals surface area contributed by atoms with Crippen LogP contribution in [0.5, 0.6) is 0 Å². The lowest BCUT2D eigenvalue weighted by molar-refractivity contribution is -0.0320. The molecule has 1 saturated carbocycles. The largest absolute Gasteiger partial charge is 0.381 e. The van der Waals surface area contributed by atoms with Gasteiger partial charge in [0.15, 0.2) is 5.96 Å². The van der Waals surface area contributed by atoms with E-state index in [0.717, 1.165) is 56.8 Å². The lowest BCUT2D eigenvalue weighted by atomic mass is 9.95. The van der Waals surface area contributed by atoms with Gasteiger partial charge in [0, 0.05) is 44.7 Å². The van der Waals surface area contributed by atoms with Gasteiger partial charge in [0.25, 0.3) is 0 Å². The van der Waals surface area contributed by atoms with Gasteiger partial charge in [-0.1, -0.05) is 13.3 Å². The van der Waals surface area contributed by atoms with E-state index in [0.29, 0.717) is 12.1 Å². The number of nitrogens with one attached hydrogen (secondary N) is 2. The van der Waals surface area contributed by atoms with Crippen LogP contribution >= 0.6 is 35.7 Å². The van der Waals surface area contributed by atoms with Gasteiger partial charge >= 0.3 is 0 Å². The Bertz CT molecular complexity index is 366. The number of halogens is 1. The molecule has 1 aliphatic carbocycles. The first kappa shape index (κ1) is 23.3. The maximum absolute atomic E-state index is 5.91. The summed E-state index contributed by atoms with van der Waals surface area (Å²) < 4.78 is 11.3. The molecule has 0 amide bonds. The molecular weight excluding hydrogens is 449 g/mol. The quantitative estimate of drug-likeness (QED) is 0.239. The maximum Gasteiger partial charge on any atom is 0.191 e. The molecule has 2 unspecified atom stereocenters. The second-order valence-corrected chi connectivity index (χ2v) is 8.20. The van der Waals surface area contributed by atoms with Crippen molar-refractivity contribution in [1.29, 1.82) is 0 Å². The van der Waals surface area contributed by atoms with Crippen LogP contribution in [0.3, 0.4) is 0 Å². The lowest BCUT2D eigenvalue weighted by Gasteiger charge is -2.30. The molecule has 0 radical (unpaired) electrons. The Hall–Kier alpha value is 0.270. The number of aliphatic imine (C=N–C) groups is 1. The molecular formula is C18H36IN3O2S. The molecule has 2 rings (SSSR count). The van der Waals surface area contributed by atoms with E-state index in [-0.39, 0.29) is 24.0 Å². The number of ether oxygens (including phenoxy) is 2. The van der Waals surface area contributed by atoms with E-state index in [1.807, 2.05) is 7.05 Å². The minimum absolute atomic E-state index is 0. The second-order valence-electron chi connectivity index (χ2n) is 6.62. The van der Waals surface area contributed by atoms with Gasteiger partial charge in [-0.3, -0.25) is 4.99 Å². The summed E-state index contributed by atoms with van der Waals surface area (Å²) in [4.78, 5) is 4.37. The molecule has 0 aromatic heterocycles. The van der Waals surface area contributed by atoms with Crippen LogP contribution in [0.4, 0.5) is 0 Å². The van der Waals surface area contributed by atoms with E-state index in [2.05, 4.69) is 34.3 Å². The highest BCUT2D eigenvalue weighted by atomic mass is 127. The van der Waals surface area contributed by atoms with Gasteiger partial charge in [-0.05, 0) is 44.3 Å². The number of hydrogen-bond acceptors (Lipinski definition) is 4. The van der Waals surface area contributed by atoms with Crippen molar-refractivity contribution in [2.45, 2.75) is 69.3 Å². The zero-order valence-corrected chi connectivity index (χ0v) is 18.9. The average Bonchev–Trinajstić information content (AvgIpc) is 2.62. The van der Waals surface area contributed by atoms with E-state index in [9.17, 15) is 0 Å². The predicted molar refractivity (Wildman–Crippen MR) is 118 cm³/mol. The highest BCUT2D eigenvalue weighted by Gasteiger charge is 2.22. The van der Waals surface area contributed by atoms with Crippen LogP contribution in [0.2, 0.25) is 0 Å². The van der Waals surface area contributed by atoms with Crippen molar-refractivity contribution in [3.05, 3.63) is 0 Å². The van der Waals surface area contributed by atoms with E-state index in [4.69, 9.17) is 9.47 Å². The van der Waals surface area contributed by atoms with Crippen LogP contribution in [-0.4, -0.2) is 62.5 Å². The molecule has 0 aromatic rings. The van der Waals surface area contributed by atoms with Gasteiger partial charge in [0.05, 0.1) is 6.10 Å². The number of thioether (sulfide) groups is 1. The fourth-order valence-corrected chi connectivity index (χ4v) is 4.60. The Labute approximate surface area is 174 Å². The first-order valence-corrected chi connectivity index (χ1v) is 10.6. The van der Waals surface area contributed by atoms with Crippen molar-refractivity contribution in [1.82, 2.24) is 10.6 Å².